The van der Waals surface area contributed by atoms with Gasteiger partial charge in [-0.05, 0) is 26.2 Å². The maximum atomic E-state index is 12.2. The van der Waals surface area contributed by atoms with Crippen LogP contribution in [0, 0.1) is 0 Å². The van der Waals surface area contributed by atoms with Crippen molar-refractivity contribution in [2.75, 3.05) is 13.2 Å². The molecule has 7 heteroatoms. The first-order chi connectivity index (χ1) is 9.99. The number of aliphatic carboxylic acids is 1. The van der Waals surface area contributed by atoms with Gasteiger partial charge in [0, 0.05) is 6.04 Å². The number of ether oxygens (including phenoxy) is 1. The number of nitrogens with one attached hydrogen (secondary N) is 1. The molecule has 0 aliphatic heterocycles. The standard InChI is InChI=1S/C14H24N2O5/c1-3-5-6-11(13(18)19)15-14(20)16(10-7-8-10)9-12(17)21-4-2/h10-11H,3-9H2,1-2H3,(H,15,20)(H,18,19). The van der Waals surface area contributed by atoms with Crippen LogP contribution in [0.15, 0.2) is 0 Å². The number of esters is 1. The van der Waals surface area contributed by atoms with Gasteiger partial charge in [-0.2, -0.15) is 0 Å². The molecule has 0 aromatic rings. The summed E-state index contributed by atoms with van der Waals surface area (Å²) in [6.07, 6.45) is 3.63. The molecule has 0 heterocycles. The molecule has 1 unspecified atom stereocenters. The van der Waals surface area contributed by atoms with Crippen LogP contribution in [0.3, 0.4) is 0 Å². The Hall–Kier alpha value is -1.79. The summed E-state index contributed by atoms with van der Waals surface area (Å²) in [5.41, 5.74) is 0. The molecule has 1 saturated carbocycles. The van der Waals surface area contributed by atoms with Gasteiger partial charge in [-0.15, -0.1) is 0 Å². The summed E-state index contributed by atoms with van der Waals surface area (Å²) in [7, 11) is 0. The van der Waals surface area contributed by atoms with Crippen LogP contribution in [-0.2, 0) is 14.3 Å². The molecular formula is C14H24N2O5. The van der Waals surface area contributed by atoms with E-state index in [0.717, 1.165) is 25.7 Å². The molecule has 0 radical (unpaired) electrons. The number of hydrogen-bond acceptors (Lipinski definition) is 4. The molecule has 0 aromatic carbocycles. The maximum absolute atomic E-state index is 12.2. The van der Waals surface area contributed by atoms with Crippen LogP contribution in [0.1, 0.15) is 46.0 Å². The third kappa shape index (κ3) is 6.01. The van der Waals surface area contributed by atoms with Crippen molar-refractivity contribution >= 4 is 18.0 Å². The minimum absolute atomic E-state index is 0.00928. The Morgan fingerprint density at radius 2 is 2.00 bits per heavy atom. The minimum Gasteiger partial charge on any atom is -0.480 e. The largest absolute Gasteiger partial charge is 0.480 e. The zero-order chi connectivity index (χ0) is 15.8. The zero-order valence-electron chi connectivity index (χ0n) is 12.6. The Morgan fingerprint density at radius 1 is 1.33 bits per heavy atom. The van der Waals surface area contributed by atoms with Crippen molar-refractivity contribution in [3.8, 4) is 0 Å². The van der Waals surface area contributed by atoms with Crippen LogP contribution >= 0.6 is 0 Å². The number of carboxylic acids is 1. The highest BCUT2D eigenvalue weighted by molar-refractivity contribution is 5.85. The number of rotatable bonds is 9. The monoisotopic (exact) mass is 300 g/mol. The summed E-state index contributed by atoms with van der Waals surface area (Å²) in [5.74, 6) is -1.52. The summed E-state index contributed by atoms with van der Waals surface area (Å²) < 4.78 is 4.84. The summed E-state index contributed by atoms with van der Waals surface area (Å²) >= 11 is 0. The van der Waals surface area contributed by atoms with Gasteiger partial charge in [-0.1, -0.05) is 19.8 Å². The third-order valence-electron chi connectivity index (χ3n) is 3.30. The number of nitrogens with zero attached hydrogens (tertiary/aromatic N) is 1. The second-order valence-electron chi connectivity index (χ2n) is 5.15. The Bertz CT molecular complexity index is 382. The molecule has 0 aromatic heterocycles. The molecule has 1 atom stereocenters. The van der Waals surface area contributed by atoms with Gasteiger partial charge in [0.1, 0.15) is 12.6 Å². The van der Waals surface area contributed by atoms with Crippen molar-refractivity contribution < 1.29 is 24.2 Å². The molecular weight excluding hydrogens is 276 g/mol. The number of carboxylic acid groups (broad SMARTS) is 1. The topological polar surface area (TPSA) is 95.9 Å². The summed E-state index contributed by atoms with van der Waals surface area (Å²) in [6, 6.07) is -1.41. The second kappa shape index (κ2) is 8.49. The summed E-state index contributed by atoms with van der Waals surface area (Å²) in [6.45, 7) is 3.78. The first-order valence-corrected chi connectivity index (χ1v) is 7.45. The van der Waals surface area contributed by atoms with E-state index in [9.17, 15) is 14.4 Å². The average molecular weight is 300 g/mol. The van der Waals surface area contributed by atoms with Crippen molar-refractivity contribution in [2.24, 2.45) is 0 Å². The normalized spacial score (nSPS) is 15.1. The van der Waals surface area contributed by atoms with Crippen LogP contribution in [0.4, 0.5) is 4.79 Å². The van der Waals surface area contributed by atoms with E-state index in [2.05, 4.69) is 5.32 Å². The highest BCUT2D eigenvalue weighted by atomic mass is 16.5. The van der Waals surface area contributed by atoms with E-state index < -0.39 is 24.0 Å². The highest BCUT2D eigenvalue weighted by Crippen LogP contribution is 2.26. The van der Waals surface area contributed by atoms with E-state index in [-0.39, 0.29) is 19.2 Å². The molecule has 21 heavy (non-hydrogen) atoms. The molecule has 0 spiro atoms. The Morgan fingerprint density at radius 3 is 2.48 bits per heavy atom. The second-order valence-corrected chi connectivity index (χ2v) is 5.15. The molecule has 1 fully saturated rings. The van der Waals surface area contributed by atoms with Crippen molar-refractivity contribution in [2.45, 2.75) is 58.0 Å². The molecule has 2 amide bonds. The number of carbonyl (C=O) groups is 3. The quantitative estimate of drug-likeness (QED) is 0.627. The predicted octanol–water partition coefficient (Wildman–Crippen LogP) is 1.37. The van der Waals surface area contributed by atoms with Gasteiger partial charge in [0.15, 0.2) is 0 Å². The highest BCUT2D eigenvalue weighted by Gasteiger charge is 2.35. The fourth-order valence-corrected chi connectivity index (χ4v) is 2.00. The SMILES string of the molecule is CCCCC(NC(=O)N(CC(=O)OCC)C1CC1)C(=O)O. The zero-order valence-corrected chi connectivity index (χ0v) is 12.6. The summed E-state index contributed by atoms with van der Waals surface area (Å²) in [4.78, 5) is 36.2. The molecule has 120 valence electrons. The minimum atomic E-state index is -1.05. The summed E-state index contributed by atoms with van der Waals surface area (Å²) in [5, 5.41) is 11.6. The van der Waals surface area contributed by atoms with E-state index in [0.29, 0.717) is 6.42 Å². The van der Waals surface area contributed by atoms with Crippen LogP contribution in [0.25, 0.3) is 0 Å². The average Bonchev–Trinajstić information content (AvgIpc) is 3.25. The molecule has 2 N–H and O–H groups in total. The van der Waals surface area contributed by atoms with E-state index in [1.54, 1.807) is 6.92 Å². The molecule has 1 rings (SSSR count). The number of urea groups is 1. The number of unbranched alkanes of at least 4 members (excludes halogenated alkanes) is 1. The Kier molecular flexibility index (Phi) is 6.98. The first kappa shape index (κ1) is 17.3. The lowest BCUT2D eigenvalue weighted by molar-refractivity contribution is -0.143. The lowest BCUT2D eigenvalue weighted by Gasteiger charge is -2.24. The fraction of sp³-hybridized carbons (Fsp3) is 0.786. The maximum Gasteiger partial charge on any atom is 0.326 e. The Labute approximate surface area is 124 Å². The van der Waals surface area contributed by atoms with Crippen molar-refractivity contribution in [3.05, 3.63) is 0 Å². The number of amides is 2. The van der Waals surface area contributed by atoms with Gasteiger partial charge in [-0.3, -0.25) is 4.79 Å². The van der Waals surface area contributed by atoms with Crippen LogP contribution in [0.5, 0.6) is 0 Å². The van der Waals surface area contributed by atoms with Gasteiger partial charge in [-0.25, -0.2) is 9.59 Å². The van der Waals surface area contributed by atoms with Crippen molar-refractivity contribution in [1.82, 2.24) is 10.2 Å². The van der Waals surface area contributed by atoms with Crippen LogP contribution < -0.4 is 5.32 Å². The number of carbonyl (C=O) groups excluding carboxylic acids is 2. The first-order valence-electron chi connectivity index (χ1n) is 7.45. The molecule has 0 saturated heterocycles. The lowest BCUT2D eigenvalue weighted by Crippen LogP contribution is -2.50. The van der Waals surface area contributed by atoms with E-state index in [4.69, 9.17) is 9.84 Å². The van der Waals surface area contributed by atoms with Gasteiger partial charge >= 0.3 is 18.0 Å². The van der Waals surface area contributed by atoms with E-state index in [1.807, 2.05) is 6.92 Å². The predicted molar refractivity (Wildman–Crippen MR) is 75.8 cm³/mol. The lowest BCUT2D eigenvalue weighted by atomic mass is 10.1. The van der Waals surface area contributed by atoms with Gasteiger partial charge in [0.25, 0.3) is 0 Å². The third-order valence-corrected chi connectivity index (χ3v) is 3.30. The molecule has 1 aliphatic carbocycles. The molecule has 0 bridgehead atoms. The smallest absolute Gasteiger partial charge is 0.326 e. The number of hydrogen-bond donors (Lipinski definition) is 2. The fourth-order valence-electron chi connectivity index (χ4n) is 2.00. The molecule has 7 nitrogen and oxygen atoms in total. The molecule has 1 aliphatic rings. The van der Waals surface area contributed by atoms with Crippen LogP contribution in [-0.4, -0.2) is 53.2 Å². The van der Waals surface area contributed by atoms with Gasteiger partial charge in [0.05, 0.1) is 6.61 Å². The van der Waals surface area contributed by atoms with E-state index >= 15 is 0 Å². The van der Waals surface area contributed by atoms with Crippen molar-refractivity contribution in [3.63, 3.8) is 0 Å². The van der Waals surface area contributed by atoms with E-state index in [1.165, 1.54) is 4.90 Å². The Balaban J connectivity index is 2.58. The van der Waals surface area contributed by atoms with Gasteiger partial charge < -0.3 is 20.1 Å². The van der Waals surface area contributed by atoms with Gasteiger partial charge in [0.2, 0.25) is 0 Å². The van der Waals surface area contributed by atoms with Crippen molar-refractivity contribution in [1.29, 1.82) is 0 Å². The van der Waals surface area contributed by atoms with Crippen LogP contribution in [0.2, 0.25) is 0 Å².